The van der Waals surface area contributed by atoms with Gasteiger partial charge in [-0.25, -0.2) is 0 Å². The molecule has 0 saturated heterocycles. The van der Waals surface area contributed by atoms with Crippen LogP contribution in [-0.4, -0.2) is 70.0 Å². The van der Waals surface area contributed by atoms with Crippen LogP contribution in [0.1, 0.15) is 0 Å². The fraction of sp³-hybridized carbons (Fsp3) is 1.00. The van der Waals surface area contributed by atoms with Gasteiger partial charge in [-0.05, 0) is 0 Å². The summed E-state index contributed by atoms with van der Waals surface area (Å²) in [6.07, 6.45) is 0. The van der Waals surface area contributed by atoms with E-state index in [1.807, 2.05) is 0 Å². The van der Waals surface area contributed by atoms with Crippen molar-refractivity contribution in [3.8, 4) is 0 Å². The van der Waals surface area contributed by atoms with E-state index in [0.29, 0.717) is 13.2 Å². The fourth-order valence-electron chi connectivity index (χ4n) is 0.167. The molecule has 0 fully saturated rings. The van der Waals surface area contributed by atoms with Crippen molar-refractivity contribution in [3.05, 3.63) is 0 Å². The van der Waals surface area contributed by atoms with Crippen molar-refractivity contribution in [2.45, 2.75) is 0 Å². The summed E-state index contributed by atoms with van der Waals surface area (Å²) in [5.74, 6) is 0. The zero-order valence-corrected chi connectivity index (χ0v) is 5.96. The largest absolute Gasteiger partial charge is 3.00 e. The second-order valence-electron chi connectivity index (χ2n) is 0.986. The molecule has 0 unspecified atom stereocenters. The normalized spacial score (nSPS) is 5.40. The van der Waals surface area contributed by atoms with Crippen LogP contribution in [0.15, 0.2) is 0 Å². The molecule has 62 valence electrons. The Morgan fingerprint density at radius 3 is 1.10 bits per heavy atom. The van der Waals surface area contributed by atoms with Crippen LogP contribution in [0.3, 0.4) is 0 Å². The van der Waals surface area contributed by atoms with E-state index < -0.39 is 0 Å². The monoisotopic (exact) mass is 162 g/mol. The third kappa shape index (κ3) is 38.0. The van der Waals surface area contributed by atoms with E-state index in [9.17, 15) is 0 Å². The first-order valence-electron chi connectivity index (χ1n) is 1.89. The van der Waals surface area contributed by atoms with Gasteiger partial charge in [-0.3, -0.25) is 0 Å². The molecule has 0 aromatic heterocycles. The maximum absolute atomic E-state index is 4.66. The van der Waals surface area contributed by atoms with Crippen molar-refractivity contribution < 1.29 is 9.47 Å². The van der Waals surface area contributed by atoms with Crippen LogP contribution in [0.4, 0.5) is 0 Å². The van der Waals surface area contributed by atoms with Gasteiger partial charge in [-0.1, -0.05) is 25.2 Å². The van der Waals surface area contributed by atoms with Crippen molar-refractivity contribution >= 4 is 42.6 Å². The third-order valence-corrected chi connectivity index (χ3v) is 0.492. The molecular formula is C4H22AlB3O2. The van der Waals surface area contributed by atoms with Crippen LogP contribution >= 0.6 is 0 Å². The van der Waals surface area contributed by atoms with Crippen LogP contribution in [0.5, 0.6) is 0 Å². The second kappa shape index (κ2) is 33.4. The van der Waals surface area contributed by atoms with Crippen LogP contribution in [-0.2, 0) is 9.47 Å². The molecule has 0 aromatic carbocycles. The molecule has 10 heavy (non-hydrogen) atoms. The number of hydrogen-bond donors (Lipinski definition) is 0. The topological polar surface area (TPSA) is 18.5 Å². The minimum atomic E-state index is 0. The van der Waals surface area contributed by atoms with E-state index in [4.69, 9.17) is 0 Å². The van der Waals surface area contributed by atoms with E-state index >= 15 is 0 Å². The number of rotatable bonds is 3. The Hall–Kier alpha value is 0.647. The second-order valence-corrected chi connectivity index (χ2v) is 0.986. The third-order valence-electron chi connectivity index (χ3n) is 0.492. The summed E-state index contributed by atoms with van der Waals surface area (Å²) >= 11 is 0. The van der Waals surface area contributed by atoms with Gasteiger partial charge in [0.1, 0.15) is 0 Å². The molecule has 0 spiro atoms. The SMILES string of the molecule is COCCOC.[Al+3].[BH4-].[BH4-].[BH4-]. The van der Waals surface area contributed by atoms with E-state index in [2.05, 4.69) is 9.47 Å². The number of ether oxygens (including phenoxy) is 2. The summed E-state index contributed by atoms with van der Waals surface area (Å²) in [4.78, 5) is 0. The molecule has 0 aromatic rings. The summed E-state index contributed by atoms with van der Waals surface area (Å²) in [6, 6.07) is 0. The molecule has 2 nitrogen and oxygen atoms in total. The van der Waals surface area contributed by atoms with E-state index in [0.717, 1.165) is 0 Å². The van der Waals surface area contributed by atoms with Gasteiger partial charge in [0.15, 0.2) is 0 Å². The predicted octanol–water partition coefficient (Wildman–Crippen LogP) is -4.46. The quantitative estimate of drug-likeness (QED) is 0.307. The van der Waals surface area contributed by atoms with Gasteiger partial charge >= 0.3 is 17.4 Å². The van der Waals surface area contributed by atoms with Gasteiger partial charge in [0, 0.05) is 14.2 Å². The Morgan fingerprint density at radius 1 is 0.800 bits per heavy atom. The van der Waals surface area contributed by atoms with Gasteiger partial charge in [-0.2, -0.15) is 0 Å². The first-order chi connectivity index (χ1) is 2.91. The van der Waals surface area contributed by atoms with E-state index in [1.165, 1.54) is 0 Å². The van der Waals surface area contributed by atoms with E-state index in [-0.39, 0.29) is 42.6 Å². The Kier molecular flexibility index (Phi) is 104. The summed E-state index contributed by atoms with van der Waals surface area (Å²) in [7, 11) is 3.30. The molecule has 0 aliphatic rings. The molecule has 0 amide bonds. The Labute approximate surface area is 79.9 Å². The summed E-state index contributed by atoms with van der Waals surface area (Å²) in [6.45, 7) is 1.38. The molecule has 0 rings (SSSR count). The molecule has 0 aliphatic heterocycles. The number of hydrogen-bond acceptors (Lipinski definition) is 2. The molecule has 6 heteroatoms. The van der Waals surface area contributed by atoms with Gasteiger partial charge in [0.05, 0.1) is 13.2 Å². The molecule has 0 radical (unpaired) electrons. The fourth-order valence-corrected chi connectivity index (χ4v) is 0.167. The Morgan fingerprint density at radius 2 is 1.00 bits per heavy atom. The minimum Gasteiger partial charge on any atom is -0.382 e. The van der Waals surface area contributed by atoms with Gasteiger partial charge in [-0.15, -0.1) is 0 Å². The molecule has 0 aliphatic carbocycles. The molecule has 0 N–H and O–H groups in total. The average molecular weight is 162 g/mol. The summed E-state index contributed by atoms with van der Waals surface area (Å²) in [5.41, 5.74) is 0. The molecule has 0 heterocycles. The van der Waals surface area contributed by atoms with Crippen molar-refractivity contribution in [1.82, 2.24) is 0 Å². The van der Waals surface area contributed by atoms with Crippen molar-refractivity contribution in [3.63, 3.8) is 0 Å². The smallest absolute Gasteiger partial charge is 0.382 e. The maximum Gasteiger partial charge on any atom is 3.00 e. The van der Waals surface area contributed by atoms with Crippen molar-refractivity contribution in [2.75, 3.05) is 27.4 Å². The Bertz CT molecular complexity index is 30.5. The first kappa shape index (κ1) is 31.1. The summed E-state index contributed by atoms with van der Waals surface area (Å²) in [5, 5.41) is 0. The molecule has 0 atom stereocenters. The van der Waals surface area contributed by atoms with Gasteiger partial charge < -0.3 is 9.47 Å². The van der Waals surface area contributed by atoms with Crippen molar-refractivity contribution in [2.24, 2.45) is 0 Å². The van der Waals surface area contributed by atoms with E-state index in [1.54, 1.807) is 14.2 Å². The average Bonchev–Trinajstić information content (AvgIpc) is 1.61. The maximum atomic E-state index is 4.66. The first-order valence-corrected chi connectivity index (χ1v) is 1.89. The molecular weight excluding hydrogens is 139 g/mol. The number of methoxy groups -OCH3 is 2. The molecule has 0 bridgehead atoms. The zero-order valence-electron chi connectivity index (χ0n) is 4.81. The predicted molar refractivity (Wildman–Crippen MR) is 63.5 cm³/mol. The minimum absolute atomic E-state index is 0. The summed E-state index contributed by atoms with van der Waals surface area (Å²) < 4.78 is 9.31. The van der Waals surface area contributed by atoms with Crippen LogP contribution < -0.4 is 0 Å². The standard InChI is InChI=1S/C4H10O2.Al.3BH4/c1-5-3-4-6-2;;;;/h3-4H2,1-2H3;;3*1H4/q;+3;3*-1. The Balaban J connectivity index is -0.0000000208. The zero-order chi connectivity index (χ0) is 4.83. The van der Waals surface area contributed by atoms with Crippen LogP contribution in [0.2, 0.25) is 0 Å². The van der Waals surface area contributed by atoms with Crippen LogP contribution in [0.25, 0.3) is 0 Å². The van der Waals surface area contributed by atoms with Gasteiger partial charge in [0.2, 0.25) is 0 Å². The molecule has 0 saturated carbocycles. The van der Waals surface area contributed by atoms with Gasteiger partial charge in [0.25, 0.3) is 0 Å². The van der Waals surface area contributed by atoms with Crippen LogP contribution in [0, 0.1) is 0 Å². The van der Waals surface area contributed by atoms with Crippen molar-refractivity contribution in [1.29, 1.82) is 0 Å².